The predicted octanol–water partition coefficient (Wildman–Crippen LogP) is 3.23. The van der Waals surface area contributed by atoms with Gasteiger partial charge in [0.15, 0.2) is 11.5 Å². The maximum atomic E-state index is 10.2. The Bertz CT molecular complexity index is 860. The van der Waals surface area contributed by atoms with Crippen LogP contribution in [0.1, 0.15) is 33.1 Å². The smallest absolute Gasteiger partial charge is 0.186 e. The molecule has 1 unspecified atom stereocenters. The molecule has 0 aromatic carbocycles. The summed E-state index contributed by atoms with van der Waals surface area (Å²) in [5, 5.41) is 27.6. The highest BCUT2D eigenvalue weighted by atomic mass is 32.1. The first-order chi connectivity index (χ1) is 12.1. The number of nitrogens with zero attached hydrogens (tertiary/aromatic N) is 5. The molecule has 4 rings (SSSR count). The number of aliphatic hydroxyl groups excluding tert-OH is 1. The Morgan fingerprint density at radius 2 is 2.16 bits per heavy atom. The van der Waals surface area contributed by atoms with Gasteiger partial charge in [-0.25, -0.2) is 0 Å². The first-order valence-electron chi connectivity index (χ1n) is 8.76. The Morgan fingerprint density at radius 1 is 1.28 bits per heavy atom. The molecule has 7 heteroatoms. The second-order valence-electron chi connectivity index (χ2n) is 7.23. The van der Waals surface area contributed by atoms with E-state index in [1.807, 2.05) is 28.1 Å². The second-order valence-corrected chi connectivity index (χ2v) is 8.01. The Hall–Kier alpha value is -1.99. The molecule has 0 aliphatic carbocycles. The van der Waals surface area contributed by atoms with E-state index in [9.17, 15) is 5.11 Å². The van der Waals surface area contributed by atoms with Gasteiger partial charge in [0.1, 0.15) is 5.82 Å². The standard InChI is InChI=1S/C18H23N5OS/c1-13(2)10-18(12-24)7-3-8-22(18)16-5-4-15-19-20-17(23(15)21-16)14-6-9-25-11-14/h4-6,9,11,13,24H,3,7-8,10,12H2,1-2H3. The molecule has 1 aliphatic rings. The third-order valence-corrected chi connectivity index (χ3v) is 5.67. The van der Waals surface area contributed by atoms with E-state index in [4.69, 9.17) is 5.10 Å². The van der Waals surface area contributed by atoms with Gasteiger partial charge in [-0.05, 0) is 48.8 Å². The molecule has 132 valence electrons. The van der Waals surface area contributed by atoms with Crippen LogP contribution < -0.4 is 4.90 Å². The SMILES string of the molecule is CC(C)CC1(CO)CCCN1c1ccc2nnc(-c3ccsc3)n2n1. The fourth-order valence-electron chi connectivity index (χ4n) is 3.99. The first kappa shape index (κ1) is 16.5. The fourth-order valence-corrected chi connectivity index (χ4v) is 4.63. The summed E-state index contributed by atoms with van der Waals surface area (Å²) in [4.78, 5) is 2.28. The molecule has 1 atom stereocenters. The molecule has 0 amide bonds. The van der Waals surface area contributed by atoms with Gasteiger partial charge >= 0.3 is 0 Å². The van der Waals surface area contributed by atoms with Crippen LogP contribution in [0.5, 0.6) is 0 Å². The highest BCUT2D eigenvalue weighted by Gasteiger charge is 2.41. The molecular formula is C18H23N5OS. The Morgan fingerprint density at radius 3 is 2.88 bits per heavy atom. The lowest BCUT2D eigenvalue weighted by molar-refractivity contribution is 0.174. The highest BCUT2D eigenvalue weighted by molar-refractivity contribution is 7.08. The topological polar surface area (TPSA) is 66.5 Å². The molecule has 6 nitrogen and oxygen atoms in total. The molecule has 0 radical (unpaired) electrons. The quantitative estimate of drug-likeness (QED) is 0.759. The summed E-state index contributed by atoms with van der Waals surface area (Å²) in [5.74, 6) is 2.17. The van der Waals surface area contributed by atoms with E-state index in [0.717, 1.165) is 48.7 Å². The molecule has 4 heterocycles. The zero-order valence-corrected chi connectivity index (χ0v) is 15.4. The summed E-state index contributed by atoms with van der Waals surface area (Å²) >= 11 is 1.63. The van der Waals surface area contributed by atoms with E-state index in [1.54, 1.807) is 11.3 Å². The molecule has 3 aromatic heterocycles. The van der Waals surface area contributed by atoms with Crippen LogP contribution in [0.2, 0.25) is 0 Å². The van der Waals surface area contributed by atoms with Crippen LogP contribution in [0.3, 0.4) is 0 Å². The Labute approximate surface area is 151 Å². The van der Waals surface area contributed by atoms with Crippen LogP contribution in [0.4, 0.5) is 5.82 Å². The normalized spacial score (nSPS) is 20.9. The maximum Gasteiger partial charge on any atom is 0.186 e. The van der Waals surface area contributed by atoms with E-state index in [2.05, 4.69) is 34.3 Å². The van der Waals surface area contributed by atoms with E-state index in [0.29, 0.717) is 5.92 Å². The number of aliphatic hydroxyl groups is 1. The molecular weight excluding hydrogens is 334 g/mol. The monoisotopic (exact) mass is 357 g/mol. The summed E-state index contributed by atoms with van der Waals surface area (Å²) in [6, 6.07) is 5.99. The van der Waals surface area contributed by atoms with Gasteiger partial charge in [0.25, 0.3) is 0 Å². The van der Waals surface area contributed by atoms with Crippen molar-refractivity contribution in [2.45, 2.75) is 38.6 Å². The number of hydrogen-bond donors (Lipinski definition) is 1. The van der Waals surface area contributed by atoms with Gasteiger partial charge in [0, 0.05) is 17.5 Å². The average Bonchev–Trinajstić information content (AvgIpc) is 3.32. The zero-order chi connectivity index (χ0) is 17.4. The Balaban J connectivity index is 1.77. The van der Waals surface area contributed by atoms with Crippen molar-refractivity contribution in [1.29, 1.82) is 0 Å². The molecule has 1 fully saturated rings. The van der Waals surface area contributed by atoms with E-state index in [1.165, 1.54) is 0 Å². The van der Waals surface area contributed by atoms with Crippen LogP contribution in [-0.2, 0) is 0 Å². The first-order valence-corrected chi connectivity index (χ1v) is 9.71. The Kier molecular flexibility index (Phi) is 4.21. The molecule has 3 aromatic rings. The fraction of sp³-hybridized carbons (Fsp3) is 0.500. The van der Waals surface area contributed by atoms with Crippen molar-refractivity contribution in [3.63, 3.8) is 0 Å². The molecule has 1 aliphatic heterocycles. The van der Waals surface area contributed by atoms with Crippen LogP contribution in [0.15, 0.2) is 29.0 Å². The minimum atomic E-state index is -0.217. The van der Waals surface area contributed by atoms with E-state index >= 15 is 0 Å². The van der Waals surface area contributed by atoms with Crippen molar-refractivity contribution in [2.24, 2.45) is 5.92 Å². The van der Waals surface area contributed by atoms with Gasteiger partial charge < -0.3 is 10.0 Å². The summed E-state index contributed by atoms with van der Waals surface area (Å²) in [6.45, 7) is 5.49. The van der Waals surface area contributed by atoms with Crippen molar-refractivity contribution in [1.82, 2.24) is 19.8 Å². The van der Waals surface area contributed by atoms with E-state index < -0.39 is 0 Å². The minimum Gasteiger partial charge on any atom is -0.394 e. The van der Waals surface area contributed by atoms with Crippen LogP contribution >= 0.6 is 11.3 Å². The summed E-state index contributed by atoms with van der Waals surface area (Å²) in [5.41, 5.74) is 1.55. The molecule has 0 spiro atoms. The largest absolute Gasteiger partial charge is 0.394 e. The van der Waals surface area contributed by atoms with Gasteiger partial charge in [0.2, 0.25) is 0 Å². The van der Waals surface area contributed by atoms with Gasteiger partial charge in [0.05, 0.1) is 12.1 Å². The molecule has 25 heavy (non-hydrogen) atoms. The van der Waals surface area contributed by atoms with Crippen molar-refractivity contribution in [2.75, 3.05) is 18.1 Å². The van der Waals surface area contributed by atoms with Crippen LogP contribution in [0, 0.1) is 5.92 Å². The lowest BCUT2D eigenvalue weighted by atomic mass is 9.87. The summed E-state index contributed by atoms with van der Waals surface area (Å²) < 4.78 is 1.81. The molecule has 0 bridgehead atoms. The number of fused-ring (bicyclic) bond motifs is 1. The maximum absolute atomic E-state index is 10.2. The molecule has 1 saturated heterocycles. The summed E-state index contributed by atoms with van der Waals surface area (Å²) in [7, 11) is 0. The van der Waals surface area contributed by atoms with Gasteiger partial charge in [-0.1, -0.05) is 13.8 Å². The number of aromatic nitrogens is 4. The predicted molar refractivity (Wildman–Crippen MR) is 99.9 cm³/mol. The van der Waals surface area contributed by atoms with E-state index in [-0.39, 0.29) is 12.1 Å². The minimum absolute atomic E-state index is 0.157. The zero-order valence-electron chi connectivity index (χ0n) is 14.6. The highest BCUT2D eigenvalue weighted by Crippen LogP contribution is 2.37. The van der Waals surface area contributed by atoms with Gasteiger partial charge in [-0.3, -0.25) is 0 Å². The summed E-state index contributed by atoms with van der Waals surface area (Å²) in [6.07, 6.45) is 3.04. The van der Waals surface area contributed by atoms with Crippen molar-refractivity contribution in [3.05, 3.63) is 29.0 Å². The number of thiophene rings is 1. The van der Waals surface area contributed by atoms with Crippen LogP contribution in [-0.4, -0.2) is 43.6 Å². The van der Waals surface area contributed by atoms with Crippen LogP contribution in [0.25, 0.3) is 17.0 Å². The lowest BCUT2D eigenvalue weighted by Gasteiger charge is -2.39. The second kappa shape index (κ2) is 6.38. The number of anilines is 1. The van der Waals surface area contributed by atoms with Crippen molar-refractivity contribution >= 4 is 22.8 Å². The third-order valence-electron chi connectivity index (χ3n) is 4.98. The van der Waals surface area contributed by atoms with Gasteiger partial charge in [-0.15, -0.1) is 15.3 Å². The van der Waals surface area contributed by atoms with Crippen molar-refractivity contribution < 1.29 is 5.11 Å². The third kappa shape index (κ3) is 2.81. The number of hydrogen-bond acceptors (Lipinski definition) is 6. The average molecular weight is 357 g/mol. The lowest BCUT2D eigenvalue weighted by Crippen LogP contribution is -2.48. The number of rotatable bonds is 5. The van der Waals surface area contributed by atoms with Gasteiger partial charge in [-0.2, -0.15) is 15.9 Å². The molecule has 0 saturated carbocycles. The molecule has 1 N–H and O–H groups in total. The van der Waals surface area contributed by atoms with Crippen molar-refractivity contribution in [3.8, 4) is 11.4 Å².